The van der Waals surface area contributed by atoms with Crippen LogP contribution in [0, 0.1) is 5.92 Å². The molecule has 0 saturated heterocycles. The van der Waals surface area contributed by atoms with Crippen molar-refractivity contribution in [3.63, 3.8) is 0 Å². The van der Waals surface area contributed by atoms with Gasteiger partial charge in [-0.05, 0) is 106 Å². The second-order valence-corrected chi connectivity index (χ2v) is 19.1. The summed E-state index contributed by atoms with van der Waals surface area (Å²) in [5.74, 6) is -3.97. The molecule has 3 aromatic carbocycles. The number of Topliss-reactive ketones (excluding diaryl/α,β-unsaturated/α-hetero) is 2. The monoisotopic (exact) mass is 1090 g/mol. The number of benzene rings is 3. The number of nitrogens with zero attached hydrogens (tertiary/aromatic N) is 2. The number of carbonyl (C=O) groups excluding carboxylic acids is 5. The SMILES string of the molecule is CCN(CC)c1ccc2c(c1)OC1=CC(N(CC)CC)C=CC1=C2c1ccc(NC(=S)NCCCC(=O)C[C@@H](Cc2ccccc2)C(=O)NCCCC(=O)CC[C@H](NC(=O)N[C@@H](CCC(=O)O)OC=O)C(=O)O)cc1C(=O)O. The number of carboxylic acid groups (broad SMARTS) is 3. The second-order valence-electron chi connectivity index (χ2n) is 18.7. The van der Waals surface area contributed by atoms with Gasteiger partial charge in [-0.2, -0.15) is 0 Å². The van der Waals surface area contributed by atoms with Gasteiger partial charge in [0.2, 0.25) is 5.91 Å². The van der Waals surface area contributed by atoms with Gasteiger partial charge in [-0.3, -0.25) is 28.9 Å². The molecule has 5 rings (SSSR count). The maximum Gasteiger partial charge on any atom is 0.336 e. The smallest absolute Gasteiger partial charge is 0.336 e. The number of hydrogen-bond donors (Lipinski definition) is 8. The van der Waals surface area contributed by atoms with Crippen molar-refractivity contribution in [1.82, 2.24) is 26.2 Å². The first-order valence-electron chi connectivity index (χ1n) is 26.3. The molecule has 1 aliphatic carbocycles. The molecule has 2 aliphatic rings. The number of anilines is 2. The molecule has 1 aliphatic heterocycles. The van der Waals surface area contributed by atoms with Crippen molar-refractivity contribution in [1.29, 1.82) is 0 Å². The Morgan fingerprint density at radius 2 is 1.47 bits per heavy atom. The van der Waals surface area contributed by atoms with E-state index in [1.54, 1.807) is 18.2 Å². The van der Waals surface area contributed by atoms with Gasteiger partial charge in [0, 0.05) is 98.4 Å². The lowest BCUT2D eigenvalue weighted by molar-refractivity contribution is -0.141. The summed E-state index contributed by atoms with van der Waals surface area (Å²) in [7, 11) is 0. The molecule has 21 heteroatoms. The largest absolute Gasteiger partial charge is 0.481 e. The molecule has 418 valence electrons. The summed E-state index contributed by atoms with van der Waals surface area (Å²) in [6.07, 6.45) is 4.75. The predicted octanol–water partition coefficient (Wildman–Crippen LogP) is 6.84. The molecule has 4 atom stereocenters. The normalized spacial score (nSPS) is 14.5. The molecule has 0 aromatic heterocycles. The number of urea groups is 1. The number of likely N-dealkylation sites (N-methyl/N-ethyl adjacent to an activating group) is 1. The van der Waals surface area contributed by atoms with E-state index < -0.39 is 48.5 Å². The summed E-state index contributed by atoms with van der Waals surface area (Å²) in [6.45, 7) is 12.1. The molecule has 3 amide bonds. The van der Waals surface area contributed by atoms with Gasteiger partial charge in [-0.25, -0.2) is 14.4 Å². The molecule has 20 nitrogen and oxygen atoms in total. The van der Waals surface area contributed by atoms with Gasteiger partial charge in [-0.15, -0.1) is 0 Å². The number of aromatic carboxylic acids is 1. The zero-order chi connectivity index (χ0) is 56.7. The maximum atomic E-state index is 13.5. The predicted molar refractivity (Wildman–Crippen MR) is 298 cm³/mol. The van der Waals surface area contributed by atoms with E-state index in [4.69, 9.17) is 22.1 Å². The van der Waals surface area contributed by atoms with Crippen molar-refractivity contribution in [3.05, 3.63) is 119 Å². The van der Waals surface area contributed by atoms with Crippen molar-refractivity contribution in [2.75, 3.05) is 49.5 Å². The fourth-order valence-electron chi connectivity index (χ4n) is 9.27. The molecule has 8 N–H and O–H groups in total. The Morgan fingerprint density at radius 1 is 0.782 bits per heavy atom. The van der Waals surface area contributed by atoms with Gasteiger partial charge < -0.3 is 56.3 Å². The van der Waals surface area contributed by atoms with Crippen LogP contribution in [0.5, 0.6) is 5.75 Å². The third kappa shape index (κ3) is 18.1. The first kappa shape index (κ1) is 60.9. The van der Waals surface area contributed by atoms with Crippen LogP contribution in [0.4, 0.5) is 16.2 Å². The highest BCUT2D eigenvalue weighted by atomic mass is 32.1. The zero-order valence-corrected chi connectivity index (χ0v) is 45.3. The standard InChI is InChI=1S/C57H71N7O13S/c1-5-63(6-2)39-19-23-44-48(33-39)77-49-34-40(64(7-3)8-4)20-24-45(49)52(44)43-22-18-38(32-46(43)54(71)72)60-57(78)59-29-13-17-42(67)31-37(30-36-14-10-9-11-15-36)53(70)58-28-12-16-41(66)21-25-47(55(73)74)61-56(75)62-50(76-35-65)26-27-51(68)69/h9-11,14-15,18-20,22-24,32-35,37,39,47,50H,5-8,12-13,16-17,21,25-31H2,1-4H3,(H,58,70)(H,68,69)(H,71,72)(H,73,74)(H2,59,60,78)(H2,61,62,75)/t37-,39?,47+,50-/m1/s1. The molecule has 0 bridgehead atoms. The molecular weight excluding hydrogens is 1020 g/mol. The van der Waals surface area contributed by atoms with Crippen molar-refractivity contribution in [2.45, 2.75) is 110 Å². The van der Waals surface area contributed by atoms with Crippen LogP contribution in [-0.2, 0) is 39.9 Å². The Balaban J connectivity index is 1.14. The van der Waals surface area contributed by atoms with Gasteiger partial charge in [0.15, 0.2) is 11.3 Å². The van der Waals surface area contributed by atoms with Crippen LogP contribution >= 0.6 is 12.2 Å². The average molecular weight is 1090 g/mol. The van der Waals surface area contributed by atoms with Gasteiger partial charge in [-0.1, -0.05) is 62.4 Å². The lowest BCUT2D eigenvalue weighted by Gasteiger charge is -2.33. The number of carbonyl (C=O) groups is 8. The van der Waals surface area contributed by atoms with E-state index >= 15 is 0 Å². The van der Waals surface area contributed by atoms with Crippen molar-refractivity contribution < 1.29 is 63.1 Å². The van der Waals surface area contributed by atoms with Crippen LogP contribution in [0.2, 0.25) is 0 Å². The fourth-order valence-corrected chi connectivity index (χ4v) is 9.49. The molecule has 0 spiro atoms. The summed E-state index contributed by atoms with van der Waals surface area (Å²) in [4.78, 5) is 103. The third-order valence-corrected chi connectivity index (χ3v) is 13.6. The minimum Gasteiger partial charge on any atom is -0.481 e. The highest BCUT2D eigenvalue weighted by Crippen LogP contribution is 2.46. The number of hydrogen-bond acceptors (Lipinski definition) is 13. The second kappa shape index (κ2) is 30.7. The van der Waals surface area contributed by atoms with Crippen LogP contribution in [0.3, 0.4) is 0 Å². The number of fused-ring (bicyclic) bond motifs is 2. The van der Waals surface area contributed by atoms with Crippen LogP contribution < -0.4 is 36.2 Å². The van der Waals surface area contributed by atoms with Crippen LogP contribution in [0.15, 0.2) is 96.3 Å². The van der Waals surface area contributed by atoms with E-state index in [1.165, 1.54) is 0 Å². The van der Waals surface area contributed by atoms with E-state index in [9.17, 15) is 48.6 Å². The molecule has 1 heterocycles. The molecule has 78 heavy (non-hydrogen) atoms. The molecule has 1 unspecified atom stereocenters. The Bertz CT molecular complexity index is 2740. The van der Waals surface area contributed by atoms with Crippen LogP contribution in [0.1, 0.15) is 113 Å². The molecular formula is C57H71N7O13S. The van der Waals surface area contributed by atoms with E-state index in [2.05, 4.69) is 81.0 Å². The van der Waals surface area contributed by atoms with E-state index in [1.807, 2.05) is 54.6 Å². The lowest BCUT2D eigenvalue weighted by atomic mass is 9.84. The molecule has 3 aromatic rings. The Kier molecular flexibility index (Phi) is 24.0. The van der Waals surface area contributed by atoms with Gasteiger partial charge in [0.1, 0.15) is 29.1 Å². The summed E-state index contributed by atoms with van der Waals surface area (Å²) >= 11 is 5.60. The highest BCUT2D eigenvalue weighted by molar-refractivity contribution is 7.80. The number of ether oxygens (including phenoxy) is 2. The fraction of sp³-hybridized carbons (Fsp3) is 0.421. The first-order chi connectivity index (χ1) is 37.5. The minimum absolute atomic E-state index is 0.00211. The van der Waals surface area contributed by atoms with Crippen LogP contribution in [-0.4, -0.2) is 131 Å². The molecule has 0 fully saturated rings. The van der Waals surface area contributed by atoms with Crippen molar-refractivity contribution >= 4 is 82.2 Å². The number of carboxylic acids is 3. The number of nitrogens with one attached hydrogen (secondary N) is 5. The number of allylic oxidation sites excluding steroid dienone is 1. The Morgan fingerprint density at radius 3 is 2.13 bits per heavy atom. The van der Waals surface area contributed by atoms with Crippen molar-refractivity contribution in [3.8, 4) is 5.75 Å². The average Bonchev–Trinajstić information content (AvgIpc) is 3.61. The highest BCUT2D eigenvalue weighted by Gasteiger charge is 2.32. The number of amides is 3. The number of ketones is 2. The molecule has 0 radical (unpaired) electrons. The number of rotatable bonds is 33. The molecule has 0 saturated carbocycles. The summed E-state index contributed by atoms with van der Waals surface area (Å²) in [6, 6.07) is 17.9. The van der Waals surface area contributed by atoms with E-state index in [-0.39, 0.29) is 92.2 Å². The lowest BCUT2D eigenvalue weighted by Crippen LogP contribution is -2.49. The first-order valence-corrected chi connectivity index (χ1v) is 26.7. The topological polar surface area (TPSA) is 282 Å². The van der Waals surface area contributed by atoms with Gasteiger partial charge >= 0.3 is 23.9 Å². The number of thiocarbonyl (C=S) groups is 1. The van der Waals surface area contributed by atoms with E-state index in [0.29, 0.717) is 42.1 Å². The minimum atomic E-state index is -1.48. The zero-order valence-electron chi connectivity index (χ0n) is 44.5. The van der Waals surface area contributed by atoms with Crippen molar-refractivity contribution in [2.24, 2.45) is 5.92 Å². The quantitative estimate of drug-likeness (QED) is 0.0134. The van der Waals surface area contributed by atoms with E-state index in [0.717, 1.165) is 54.1 Å². The van der Waals surface area contributed by atoms with Gasteiger partial charge in [0.25, 0.3) is 6.47 Å². The van der Waals surface area contributed by atoms with Gasteiger partial charge in [0.05, 0.1) is 18.0 Å². The Hall–Kier alpha value is -7.91. The summed E-state index contributed by atoms with van der Waals surface area (Å²) < 4.78 is 11.3. The third-order valence-electron chi connectivity index (χ3n) is 13.4. The van der Waals surface area contributed by atoms with Crippen LogP contribution in [0.25, 0.3) is 5.57 Å². The number of aliphatic carboxylic acids is 2. The Labute approximate surface area is 459 Å². The maximum absolute atomic E-state index is 13.5. The summed E-state index contributed by atoms with van der Waals surface area (Å²) in [5, 5.41) is 42.7. The summed E-state index contributed by atoms with van der Waals surface area (Å²) in [5.41, 5.74) is 5.20.